The van der Waals surface area contributed by atoms with E-state index in [4.69, 9.17) is 4.74 Å². The number of rotatable bonds is 4. The Morgan fingerprint density at radius 3 is 2.42 bits per heavy atom. The fraction of sp³-hybridized carbons (Fsp3) is 0.458. The van der Waals surface area contributed by atoms with E-state index in [0.29, 0.717) is 13.0 Å². The van der Waals surface area contributed by atoms with Crippen LogP contribution in [0.5, 0.6) is 5.75 Å². The van der Waals surface area contributed by atoms with E-state index in [9.17, 15) is 18.0 Å². The highest BCUT2D eigenvalue weighted by Gasteiger charge is 2.33. The lowest BCUT2D eigenvalue weighted by Crippen LogP contribution is -2.43. The summed E-state index contributed by atoms with van der Waals surface area (Å²) in [6.07, 6.45) is -2.43. The number of hydrogen-bond donors (Lipinski definition) is 0. The molecular weight excluding hydrogens is 407 g/mol. The van der Waals surface area contributed by atoms with E-state index in [1.165, 1.54) is 12.1 Å². The minimum absolute atomic E-state index is 0.197. The third-order valence-electron chi connectivity index (χ3n) is 5.11. The zero-order chi connectivity index (χ0) is 22.6. The van der Waals surface area contributed by atoms with Crippen molar-refractivity contribution in [2.75, 3.05) is 0 Å². The standard InChI is InChI=1S/C24H28F3NO3/c1-23(2,3)31-22(29)28(16-17-8-5-4-6-9-17)20-11-7-10-18-12-13-21(15-19(18)14-20)30-24(25,26)27/h4-6,8-9,12-13,15,20H,7,10-11,14,16H2,1-3H3. The van der Waals surface area contributed by atoms with E-state index in [-0.39, 0.29) is 11.8 Å². The maximum Gasteiger partial charge on any atom is 0.573 e. The lowest BCUT2D eigenvalue weighted by Gasteiger charge is -2.33. The normalized spacial score (nSPS) is 16.8. The number of alkyl halides is 3. The first-order valence-electron chi connectivity index (χ1n) is 10.4. The molecule has 1 unspecified atom stereocenters. The quantitative estimate of drug-likeness (QED) is 0.532. The first-order chi connectivity index (χ1) is 14.5. The zero-order valence-electron chi connectivity index (χ0n) is 18.0. The van der Waals surface area contributed by atoms with Gasteiger partial charge < -0.3 is 14.4 Å². The molecule has 0 saturated heterocycles. The first-order valence-corrected chi connectivity index (χ1v) is 10.4. The second-order valence-corrected chi connectivity index (χ2v) is 8.82. The van der Waals surface area contributed by atoms with E-state index in [1.807, 2.05) is 51.1 Å². The van der Waals surface area contributed by atoms with Gasteiger partial charge in [0.15, 0.2) is 0 Å². The predicted octanol–water partition coefficient (Wildman–Crippen LogP) is 6.27. The Kier molecular flexibility index (Phi) is 6.82. The van der Waals surface area contributed by atoms with E-state index < -0.39 is 18.1 Å². The van der Waals surface area contributed by atoms with Crippen LogP contribution in [-0.4, -0.2) is 29.0 Å². The highest BCUT2D eigenvalue weighted by atomic mass is 19.4. The first kappa shape index (κ1) is 23.0. The average Bonchev–Trinajstić information content (AvgIpc) is 2.86. The molecule has 1 amide bonds. The number of benzene rings is 2. The molecule has 0 aliphatic heterocycles. The summed E-state index contributed by atoms with van der Waals surface area (Å²) in [5.74, 6) is -0.237. The van der Waals surface area contributed by atoms with Crippen LogP contribution < -0.4 is 4.74 Å². The molecular formula is C24H28F3NO3. The second kappa shape index (κ2) is 9.20. The van der Waals surface area contributed by atoms with Gasteiger partial charge in [-0.3, -0.25) is 0 Å². The van der Waals surface area contributed by atoms with Crippen molar-refractivity contribution in [1.82, 2.24) is 4.90 Å². The predicted molar refractivity (Wildman–Crippen MR) is 112 cm³/mol. The Hall–Kier alpha value is -2.70. The number of carbonyl (C=O) groups excluding carboxylic acids is 1. The van der Waals surface area contributed by atoms with E-state index >= 15 is 0 Å². The van der Waals surface area contributed by atoms with Gasteiger partial charge in [0.2, 0.25) is 0 Å². The Bertz CT molecular complexity index is 891. The van der Waals surface area contributed by atoms with Gasteiger partial charge in [0.25, 0.3) is 0 Å². The maximum atomic E-state index is 13.1. The van der Waals surface area contributed by atoms with Gasteiger partial charge in [-0.2, -0.15) is 0 Å². The number of halogens is 3. The van der Waals surface area contributed by atoms with Gasteiger partial charge in [0.05, 0.1) is 0 Å². The molecule has 0 bridgehead atoms. The highest BCUT2D eigenvalue weighted by Crippen LogP contribution is 2.31. The Morgan fingerprint density at radius 2 is 1.77 bits per heavy atom. The van der Waals surface area contributed by atoms with Crippen LogP contribution in [0, 0.1) is 0 Å². The van der Waals surface area contributed by atoms with Crippen LogP contribution in [0.25, 0.3) is 0 Å². The molecule has 0 spiro atoms. The molecule has 1 aliphatic rings. The number of aryl methyl sites for hydroxylation is 1. The fourth-order valence-corrected chi connectivity index (χ4v) is 3.83. The molecule has 2 aromatic rings. The molecule has 4 nitrogen and oxygen atoms in total. The van der Waals surface area contributed by atoms with Crippen molar-refractivity contribution in [1.29, 1.82) is 0 Å². The van der Waals surface area contributed by atoms with Crippen molar-refractivity contribution in [2.24, 2.45) is 0 Å². The molecule has 1 aliphatic carbocycles. The number of fused-ring (bicyclic) bond motifs is 1. The molecule has 3 rings (SSSR count). The maximum absolute atomic E-state index is 13.1. The second-order valence-electron chi connectivity index (χ2n) is 8.82. The lowest BCUT2D eigenvalue weighted by atomic mass is 10.0. The summed E-state index contributed by atoms with van der Waals surface area (Å²) in [6.45, 7) is 5.81. The van der Waals surface area contributed by atoms with Crippen LogP contribution in [0.4, 0.5) is 18.0 Å². The lowest BCUT2D eigenvalue weighted by molar-refractivity contribution is -0.274. The number of nitrogens with zero attached hydrogens (tertiary/aromatic N) is 1. The minimum atomic E-state index is -4.74. The van der Waals surface area contributed by atoms with Crippen molar-refractivity contribution in [3.05, 3.63) is 65.2 Å². The molecule has 168 valence electrons. The molecule has 1 atom stereocenters. The van der Waals surface area contributed by atoms with Crippen molar-refractivity contribution in [2.45, 2.75) is 71.0 Å². The SMILES string of the molecule is CC(C)(C)OC(=O)N(Cc1ccccc1)C1CCCc2ccc(OC(F)(F)F)cc2C1. The van der Waals surface area contributed by atoms with E-state index in [1.54, 1.807) is 11.0 Å². The van der Waals surface area contributed by atoms with E-state index in [0.717, 1.165) is 36.0 Å². The van der Waals surface area contributed by atoms with Gasteiger partial charge in [-0.15, -0.1) is 13.2 Å². The van der Waals surface area contributed by atoms with Crippen LogP contribution >= 0.6 is 0 Å². The summed E-state index contributed by atoms with van der Waals surface area (Å²) in [7, 11) is 0. The molecule has 7 heteroatoms. The van der Waals surface area contributed by atoms with Crippen LogP contribution in [-0.2, 0) is 24.1 Å². The number of carbonyl (C=O) groups is 1. The summed E-state index contributed by atoms with van der Waals surface area (Å²) in [6, 6.07) is 13.9. The summed E-state index contributed by atoms with van der Waals surface area (Å²) in [5, 5.41) is 0. The van der Waals surface area contributed by atoms with Gasteiger partial charge in [-0.25, -0.2) is 4.79 Å². The highest BCUT2D eigenvalue weighted by molar-refractivity contribution is 5.68. The largest absolute Gasteiger partial charge is 0.573 e. The smallest absolute Gasteiger partial charge is 0.444 e. The van der Waals surface area contributed by atoms with Crippen LogP contribution in [0.2, 0.25) is 0 Å². The van der Waals surface area contributed by atoms with Crippen molar-refractivity contribution in [3.63, 3.8) is 0 Å². The summed E-state index contributed by atoms with van der Waals surface area (Å²) < 4.78 is 47.8. The van der Waals surface area contributed by atoms with Gasteiger partial charge >= 0.3 is 12.5 Å². The molecule has 2 aromatic carbocycles. The Morgan fingerprint density at radius 1 is 1.06 bits per heavy atom. The fourth-order valence-electron chi connectivity index (χ4n) is 3.83. The molecule has 31 heavy (non-hydrogen) atoms. The number of ether oxygens (including phenoxy) is 2. The zero-order valence-corrected chi connectivity index (χ0v) is 18.0. The van der Waals surface area contributed by atoms with Gasteiger partial charge in [-0.1, -0.05) is 36.4 Å². The van der Waals surface area contributed by atoms with Gasteiger partial charge in [-0.05, 0) is 75.3 Å². The number of amides is 1. The van der Waals surface area contributed by atoms with Crippen LogP contribution in [0.15, 0.2) is 48.5 Å². The van der Waals surface area contributed by atoms with Crippen LogP contribution in [0.3, 0.4) is 0 Å². The summed E-state index contributed by atoms with van der Waals surface area (Å²) in [4.78, 5) is 14.8. The molecule has 0 aromatic heterocycles. The molecule has 0 radical (unpaired) electrons. The Balaban J connectivity index is 1.88. The topological polar surface area (TPSA) is 38.8 Å². The minimum Gasteiger partial charge on any atom is -0.444 e. The van der Waals surface area contributed by atoms with E-state index in [2.05, 4.69) is 4.74 Å². The van der Waals surface area contributed by atoms with Crippen molar-refractivity contribution >= 4 is 6.09 Å². The van der Waals surface area contributed by atoms with Gasteiger partial charge in [0.1, 0.15) is 11.4 Å². The van der Waals surface area contributed by atoms with Crippen LogP contribution in [0.1, 0.15) is 50.3 Å². The third-order valence-corrected chi connectivity index (χ3v) is 5.11. The molecule has 0 saturated carbocycles. The molecule has 0 fully saturated rings. The average molecular weight is 435 g/mol. The molecule has 0 heterocycles. The summed E-state index contributed by atoms with van der Waals surface area (Å²) >= 11 is 0. The van der Waals surface area contributed by atoms with Crippen molar-refractivity contribution in [3.8, 4) is 5.75 Å². The number of hydrogen-bond acceptors (Lipinski definition) is 3. The Labute approximate surface area is 181 Å². The van der Waals surface area contributed by atoms with Crippen molar-refractivity contribution < 1.29 is 27.4 Å². The summed E-state index contributed by atoms with van der Waals surface area (Å²) in [5.41, 5.74) is 2.07. The van der Waals surface area contributed by atoms with Gasteiger partial charge in [0, 0.05) is 12.6 Å². The third kappa shape index (κ3) is 6.91. The monoisotopic (exact) mass is 435 g/mol. The molecule has 0 N–H and O–H groups in total.